The van der Waals surface area contributed by atoms with Crippen molar-refractivity contribution in [3.8, 4) is 11.5 Å². The molecule has 0 fully saturated rings. The van der Waals surface area contributed by atoms with Gasteiger partial charge in [-0.3, -0.25) is 0 Å². The molecule has 0 saturated carbocycles. The predicted molar refractivity (Wildman–Crippen MR) is 109 cm³/mol. The van der Waals surface area contributed by atoms with Crippen molar-refractivity contribution in [1.82, 2.24) is 10.2 Å². The fourth-order valence-corrected chi connectivity index (χ4v) is 2.97. The van der Waals surface area contributed by atoms with Gasteiger partial charge >= 0.3 is 6.01 Å². The Morgan fingerprint density at radius 2 is 1.82 bits per heavy atom. The van der Waals surface area contributed by atoms with Crippen LogP contribution >= 0.6 is 0 Å². The van der Waals surface area contributed by atoms with Gasteiger partial charge < -0.3 is 19.6 Å². The first-order valence-electron chi connectivity index (χ1n) is 8.77. The SMILES string of the molecule is COc1ccc(/C=C/c2nnc(N)o2)cc1OCc1cccc2ccccc12. The molecule has 0 aliphatic heterocycles. The molecular formula is C22H19N3O3. The van der Waals surface area contributed by atoms with Crippen molar-refractivity contribution >= 4 is 28.9 Å². The number of nitrogen functional groups attached to an aromatic ring is 1. The van der Waals surface area contributed by atoms with Crippen LogP contribution in [0.15, 0.2) is 65.1 Å². The first kappa shape index (κ1) is 17.6. The van der Waals surface area contributed by atoms with Crippen molar-refractivity contribution in [2.45, 2.75) is 6.61 Å². The Kier molecular flexibility index (Phi) is 4.93. The van der Waals surface area contributed by atoms with Crippen LogP contribution in [0, 0.1) is 0 Å². The number of hydrogen-bond donors (Lipinski definition) is 1. The standard InChI is InChI=1S/C22H19N3O3/c1-26-19-11-9-15(10-12-21-24-25-22(23)28-21)13-20(19)27-14-17-7-4-6-16-5-2-3-8-18(16)17/h2-13H,14H2,1H3,(H2,23,25)/b12-10+. The van der Waals surface area contributed by atoms with Gasteiger partial charge in [-0.05, 0) is 40.1 Å². The van der Waals surface area contributed by atoms with Gasteiger partial charge in [0, 0.05) is 6.08 Å². The van der Waals surface area contributed by atoms with Gasteiger partial charge in [-0.1, -0.05) is 53.6 Å². The Labute approximate surface area is 162 Å². The summed E-state index contributed by atoms with van der Waals surface area (Å²) < 4.78 is 16.7. The minimum Gasteiger partial charge on any atom is -0.493 e. The van der Waals surface area contributed by atoms with E-state index in [-0.39, 0.29) is 6.01 Å². The number of fused-ring (bicyclic) bond motifs is 1. The van der Waals surface area contributed by atoms with Gasteiger partial charge in [0.25, 0.3) is 0 Å². The van der Waals surface area contributed by atoms with E-state index >= 15 is 0 Å². The lowest BCUT2D eigenvalue weighted by Crippen LogP contribution is -1.99. The lowest BCUT2D eigenvalue weighted by Gasteiger charge is -2.13. The Bertz CT molecular complexity index is 1130. The summed E-state index contributed by atoms with van der Waals surface area (Å²) in [5.74, 6) is 1.66. The quantitative estimate of drug-likeness (QED) is 0.533. The molecule has 28 heavy (non-hydrogen) atoms. The summed E-state index contributed by atoms with van der Waals surface area (Å²) in [5, 5.41) is 9.80. The van der Waals surface area contributed by atoms with E-state index < -0.39 is 0 Å². The fourth-order valence-electron chi connectivity index (χ4n) is 2.97. The average molecular weight is 373 g/mol. The van der Waals surface area contributed by atoms with Crippen molar-refractivity contribution in [2.75, 3.05) is 12.8 Å². The highest BCUT2D eigenvalue weighted by atomic mass is 16.5. The third-order valence-electron chi connectivity index (χ3n) is 4.33. The molecule has 6 nitrogen and oxygen atoms in total. The molecule has 4 aromatic rings. The molecule has 140 valence electrons. The Hall–Kier alpha value is -3.80. The van der Waals surface area contributed by atoms with E-state index in [9.17, 15) is 0 Å². The molecule has 2 N–H and O–H groups in total. The van der Waals surface area contributed by atoms with Crippen LogP contribution in [-0.2, 0) is 6.61 Å². The monoisotopic (exact) mass is 373 g/mol. The van der Waals surface area contributed by atoms with Gasteiger partial charge in [0.15, 0.2) is 11.5 Å². The molecular weight excluding hydrogens is 354 g/mol. The summed E-state index contributed by atoms with van der Waals surface area (Å²) in [6.45, 7) is 0.436. The van der Waals surface area contributed by atoms with Crippen LogP contribution in [0.5, 0.6) is 11.5 Å². The molecule has 0 aliphatic carbocycles. The summed E-state index contributed by atoms with van der Waals surface area (Å²) >= 11 is 0. The third kappa shape index (κ3) is 3.81. The zero-order valence-electron chi connectivity index (χ0n) is 15.3. The molecule has 0 amide bonds. The molecule has 3 aromatic carbocycles. The van der Waals surface area contributed by atoms with E-state index in [0.29, 0.717) is 24.0 Å². The van der Waals surface area contributed by atoms with Crippen LogP contribution in [0.3, 0.4) is 0 Å². The second kappa shape index (κ2) is 7.84. The van der Waals surface area contributed by atoms with Crippen LogP contribution in [0.2, 0.25) is 0 Å². The van der Waals surface area contributed by atoms with Gasteiger partial charge in [-0.25, -0.2) is 0 Å². The number of hydrogen-bond acceptors (Lipinski definition) is 6. The molecule has 0 aliphatic rings. The van der Waals surface area contributed by atoms with Crippen LogP contribution in [-0.4, -0.2) is 17.3 Å². The number of methoxy groups -OCH3 is 1. The molecule has 0 saturated heterocycles. The Morgan fingerprint density at radius 1 is 0.964 bits per heavy atom. The van der Waals surface area contributed by atoms with Gasteiger partial charge in [0.2, 0.25) is 5.89 Å². The van der Waals surface area contributed by atoms with Gasteiger partial charge in [0.1, 0.15) is 6.61 Å². The molecule has 6 heteroatoms. The van der Waals surface area contributed by atoms with E-state index in [1.54, 1.807) is 13.2 Å². The molecule has 1 heterocycles. The summed E-state index contributed by atoms with van der Waals surface area (Å²) in [6, 6.07) is 20.2. The zero-order valence-corrected chi connectivity index (χ0v) is 15.3. The molecule has 0 bridgehead atoms. The fraction of sp³-hybridized carbons (Fsp3) is 0.0909. The van der Waals surface area contributed by atoms with Crippen LogP contribution in [0.4, 0.5) is 6.01 Å². The number of nitrogens with two attached hydrogens (primary N) is 1. The number of benzene rings is 3. The highest BCUT2D eigenvalue weighted by molar-refractivity contribution is 5.85. The summed E-state index contributed by atoms with van der Waals surface area (Å²) in [7, 11) is 1.62. The molecule has 0 spiro atoms. The third-order valence-corrected chi connectivity index (χ3v) is 4.33. The van der Waals surface area contributed by atoms with Gasteiger partial charge in [-0.2, -0.15) is 0 Å². The van der Waals surface area contributed by atoms with E-state index in [1.165, 1.54) is 10.8 Å². The maximum atomic E-state index is 6.09. The second-order valence-corrected chi connectivity index (χ2v) is 6.15. The molecule has 4 rings (SSSR count). The van der Waals surface area contributed by atoms with E-state index in [4.69, 9.17) is 19.6 Å². The Morgan fingerprint density at radius 3 is 2.64 bits per heavy atom. The highest BCUT2D eigenvalue weighted by Crippen LogP contribution is 2.30. The number of ether oxygens (including phenoxy) is 2. The normalized spacial score (nSPS) is 11.2. The molecule has 0 unspecified atom stereocenters. The lowest BCUT2D eigenvalue weighted by molar-refractivity contribution is 0.285. The maximum absolute atomic E-state index is 6.09. The minimum atomic E-state index is 0.0356. The van der Waals surface area contributed by atoms with E-state index in [2.05, 4.69) is 34.5 Å². The number of nitrogens with zero attached hydrogens (tertiary/aromatic N) is 2. The van der Waals surface area contributed by atoms with Crippen molar-refractivity contribution in [3.63, 3.8) is 0 Å². The van der Waals surface area contributed by atoms with Crippen molar-refractivity contribution in [3.05, 3.63) is 77.7 Å². The number of rotatable bonds is 6. The topological polar surface area (TPSA) is 83.4 Å². The first-order chi connectivity index (χ1) is 13.7. The van der Waals surface area contributed by atoms with Gasteiger partial charge in [0.05, 0.1) is 7.11 Å². The van der Waals surface area contributed by atoms with Crippen LogP contribution < -0.4 is 15.2 Å². The van der Waals surface area contributed by atoms with E-state index in [0.717, 1.165) is 11.1 Å². The minimum absolute atomic E-state index is 0.0356. The number of anilines is 1. The number of aromatic nitrogens is 2. The zero-order chi connectivity index (χ0) is 19.3. The van der Waals surface area contributed by atoms with E-state index in [1.807, 2.05) is 42.5 Å². The first-order valence-corrected chi connectivity index (χ1v) is 8.77. The Balaban J connectivity index is 1.57. The largest absolute Gasteiger partial charge is 0.493 e. The van der Waals surface area contributed by atoms with Crippen LogP contribution in [0.1, 0.15) is 17.0 Å². The van der Waals surface area contributed by atoms with Gasteiger partial charge in [-0.15, -0.1) is 5.10 Å². The van der Waals surface area contributed by atoms with Crippen molar-refractivity contribution < 1.29 is 13.9 Å². The predicted octanol–water partition coefficient (Wildman–Crippen LogP) is 4.56. The van der Waals surface area contributed by atoms with Crippen LogP contribution in [0.25, 0.3) is 22.9 Å². The van der Waals surface area contributed by atoms with Crippen molar-refractivity contribution in [2.24, 2.45) is 0 Å². The molecule has 0 atom stereocenters. The second-order valence-electron chi connectivity index (χ2n) is 6.15. The average Bonchev–Trinajstić information content (AvgIpc) is 3.16. The maximum Gasteiger partial charge on any atom is 0.313 e. The van der Waals surface area contributed by atoms with Crippen molar-refractivity contribution in [1.29, 1.82) is 0 Å². The highest BCUT2D eigenvalue weighted by Gasteiger charge is 2.07. The lowest BCUT2D eigenvalue weighted by atomic mass is 10.1. The smallest absolute Gasteiger partial charge is 0.313 e. The molecule has 0 radical (unpaired) electrons. The summed E-state index contributed by atoms with van der Waals surface area (Å²) in [5.41, 5.74) is 7.45. The summed E-state index contributed by atoms with van der Waals surface area (Å²) in [6.07, 6.45) is 3.54. The summed E-state index contributed by atoms with van der Waals surface area (Å²) in [4.78, 5) is 0. The molecule has 1 aromatic heterocycles.